The molecule has 0 bridgehead atoms. The summed E-state index contributed by atoms with van der Waals surface area (Å²) < 4.78 is 46.3. The van der Waals surface area contributed by atoms with Gasteiger partial charge in [-0.15, -0.1) is 0 Å². The molecule has 12 heteroatoms. The maximum atomic E-state index is 14.0. The average Bonchev–Trinajstić information content (AvgIpc) is 3.41. The normalized spacial score (nSPS) is 26.9. The lowest BCUT2D eigenvalue weighted by atomic mass is 9.84. The summed E-state index contributed by atoms with van der Waals surface area (Å²) in [7, 11) is -2.49. The molecule has 3 fully saturated rings. The lowest BCUT2D eigenvalue weighted by Crippen LogP contribution is -2.59. The lowest BCUT2D eigenvalue weighted by Gasteiger charge is -2.43. The molecular formula is C30H40N4O7S. The van der Waals surface area contributed by atoms with Gasteiger partial charge in [0.05, 0.1) is 19.8 Å². The largest absolute Gasteiger partial charge is 0.492 e. The highest BCUT2D eigenvalue weighted by atomic mass is 32.2. The van der Waals surface area contributed by atoms with E-state index in [2.05, 4.69) is 15.2 Å². The number of aliphatic hydroxyl groups is 1. The molecule has 0 radical (unpaired) electrons. The van der Waals surface area contributed by atoms with Crippen LogP contribution in [0.5, 0.6) is 11.6 Å². The lowest BCUT2D eigenvalue weighted by molar-refractivity contribution is -0.127. The Morgan fingerprint density at radius 2 is 1.93 bits per heavy atom. The number of benzene rings is 1. The summed E-state index contributed by atoms with van der Waals surface area (Å²) in [5, 5.41) is 13.8. The third kappa shape index (κ3) is 5.87. The minimum Gasteiger partial charge on any atom is -0.492 e. The Morgan fingerprint density at radius 3 is 2.69 bits per heavy atom. The van der Waals surface area contributed by atoms with Crippen molar-refractivity contribution in [1.29, 1.82) is 0 Å². The van der Waals surface area contributed by atoms with Crippen molar-refractivity contribution in [3.8, 4) is 11.6 Å². The third-order valence-electron chi connectivity index (χ3n) is 9.26. The number of sulfonamides is 1. The smallest absolute Gasteiger partial charge is 0.247 e. The topological polar surface area (TPSA) is 131 Å². The summed E-state index contributed by atoms with van der Waals surface area (Å²) in [6, 6.07) is 8.23. The number of rotatable bonds is 4. The van der Waals surface area contributed by atoms with Gasteiger partial charge in [-0.3, -0.25) is 9.69 Å². The van der Waals surface area contributed by atoms with Gasteiger partial charge >= 0.3 is 0 Å². The SMILES string of the molecule is COc1ncccc1CN1CCC2(CCOc3cc(C4CCOCC4)ccc3S(=O)(=O)N3C[C@H](O)C[C@H]3C(=O)N2)CC1. The maximum absolute atomic E-state index is 14.0. The van der Waals surface area contributed by atoms with Crippen LogP contribution in [-0.4, -0.2) is 97.9 Å². The monoisotopic (exact) mass is 600 g/mol. The molecule has 1 spiro atoms. The number of aromatic nitrogens is 1. The van der Waals surface area contributed by atoms with Gasteiger partial charge < -0.3 is 24.6 Å². The first kappa shape index (κ1) is 29.3. The van der Waals surface area contributed by atoms with Crippen LogP contribution in [0.3, 0.4) is 0 Å². The number of ether oxygens (including phenoxy) is 3. The summed E-state index contributed by atoms with van der Waals surface area (Å²) in [6.45, 7) is 3.64. The molecule has 228 valence electrons. The molecule has 4 aliphatic heterocycles. The number of hydrogen-bond donors (Lipinski definition) is 2. The molecule has 4 aliphatic rings. The van der Waals surface area contributed by atoms with Crippen molar-refractivity contribution in [2.75, 3.05) is 46.6 Å². The van der Waals surface area contributed by atoms with E-state index in [4.69, 9.17) is 14.2 Å². The van der Waals surface area contributed by atoms with Crippen molar-refractivity contribution in [2.24, 2.45) is 0 Å². The van der Waals surface area contributed by atoms with E-state index in [1.54, 1.807) is 19.4 Å². The molecule has 0 saturated carbocycles. The van der Waals surface area contributed by atoms with Crippen molar-refractivity contribution < 1.29 is 32.5 Å². The number of carbonyl (C=O) groups excluding carboxylic acids is 1. The Morgan fingerprint density at radius 1 is 1.14 bits per heavy atom. The highest BCUT2D eigenvalue weighted by molar-refractivity contribution is 7.89. The highest BCUT2D eigenvalue weighted by Crippen LogP contribution is 2.38. The second-order valence-electron chi connectivity index (χ2n) is 11.9. The number of hydrogen-bond acceptors (Lipinski definition) is 9. The van der Waals surface area contributed by atoms with Crippen molar-refractivity contribution in [2.45, 2.75) is 73.6 Å². The van der Waals surface area contributed by atoms with E-state index in [1.165, 1.54) is 0 Å². The van der Waals surface area contributed by atoms with Crippen LogP contribution in [-0.2, 0) is 26.1 Å². The number of amides is 1. The number of pyridine rings is 1. The predicted molar refractivity (Wildman–Crippen MR) is 154 cm³/mol. The quantitative estimate of drug-likeness (QED) is 0.542. The van der Waals surface area contributed by atoms with Crippen LogP contribution in [0.25, 0.3) is 0 Å². The van der Waals surface area contributed by atoms with Crippen LogP contribution in [0.2, 0.25) is 0 Å². The molecule has 0 unspecified atom stereocenters. The predicted octanol–water partition coefficient (Wildman–Crippen LogP) is 2.04. The number of piperidine rings is 1. The molecule has 2 atom stereocenters. The maximum Gasteiger partial charge on any atom is 0.247 e. The number of methoxy groups -OCH3 is 1. The van der Waals surface area contributed by atoms with Crippen LogP contribution in [0.15, 0.2) is 41.4 Å². The van der Waals surface area contributed by atoms with Crippen molar-refractivity contribution in [1.82, 2.24) is 19.5 Å². The zero-order valence-electron chi connectivity index (χ0n) is 24.0. The summed E-state index contributed by atoms with van der Waals surface area (Å²) in [4.78, 5) is 20.4. The molecule has 2 aromatic rings. The van der Waals surface area contributed by atoms with Gasteiger partial charge in [-0.1, -0.05) is 12.1 Å². The standard InChI is InChI=1S/C30H40N4O7S/c1-39-29-23(3-2-11-31-29)19-33-12-8-30(9-13-33)10-16-41-26-17-22(21-6-14-40-15-7-21)4-5-27(26)42(37,38)34-20-24(35)18-25(34)28(36)32-30/h2-5,11,17,21,24-25,35H,6-10,12-16,18-20H2,1H3,(H,32,36)/t24-,25+/m1/s1. The Hall–Kier alpha value is -2.77. The van der Waals surface area contributed by atoms with Crippen LogP contribution >= 0.6 is 0 Å². The summed E-state index contributed by atoms with van der Waals surface area (Å²) >= 11 is 0. The van der Waals surface area contributed by atoms with Crippen LogP contribution in [0.1, 0.15) is 55.6 Å². The van der Waals surface area contributed by atoms with Gasteiger partial charge in [-0.25, -0.2) is 13.4 Å². The molecule has 42 heavy (non-hydrogen) atoms. The molecule has 11 nitrogen and oxygen atoms in total. The number of nitrogens with one attached hydrogen (secondary N) is 1. The second-order valence-corrected chi connectivity index (χ2v) is 13.7. The fraction of sp³-hybridized carbons (Fsp3) is 0.600. The molecule has 1 amide bonds. The van der Waals surface area contributed by atoms with Gasteiger partial charge in [0.2, 0.25) is 21.8 Å². The minimum atomic E-state index is -4.10. The van der Waals surface area contributed by atoms with Crippen molar-refractivity contribution >= 4 is 15.9 Å². The number of aliphatic hydroxyl groups excluding tert-OH is 1. The Balaban J connectivity index is 1.27. The minimum absolute atomic E-state index is 0.0430. The molecular weight excluding hydrogens is 560 g/mol. The first-order valence-corrected chi connectivity index (χ1v) is 16.3. The highest BCUT2D eigenvalue weighted by Gasteiger charge is 2.47. The Labute approximate surface area is 247 Å². The van der Waals surface area contributed by atoms with E-state index in [0.717, 1.165) is 41.4 Å². The summed E-state index contributed by atoms with van der Waals surface area (Å²) in [6.07, 6.45) is 4.49. The fourth-order valence-corrected chi connectivity index (χ4v) is 8.55. The summed E-state index contributed by atoms with van der Waals surface area (Å²) in [5.74, 6) is 0.825. The van der Waals surface area contributed by atoms with E-state index in [0.29, 0.717) is 50.7 Å². The molecule has 6 rings (SSSR count). The van der Waals surface area contributed by atoms with Crippen LogP contribution in [0.4, 0.5) is 0 Å². The van der Waals surface area contributed by atoms with Gasteiger partial charge in [0.15, 0.2) is 0 Å². The van der Waals surface area contributed by atoms with E-state index in [1.807, 2.05) is 24.3 Å². The Bertz CT molecular complexity index is 1390. The van der Waals surface area contributed by atoms with Crippen molar-refractivity contribution in [3.63, 3.8) is 0 Å². The zero-order valence-corrected chi connectivity index (χ0v) is 24.9. The van der Waals surface area contributed by atoms with Gasteiger partial charge in [0, 0.05) is 69.5 Å². The molecule has 0 aliphatic carbocycles. The Kier molecular flexibility index (Phi) is 8.43. The number of nitrogens with zero attached hydrogens (tertiary/aromatic N) is 3. The first-order chi connectivity index (χ1) is 20.3. The molecule has 1 aromatic carbocycles. The zero-order chi connectivity index (χ0) is 29.3. The van der Waals surface area contributed by atoms with E-state index in [9.17, 15) is 18.3 Å². The first-order valence-electron chi connectivity index (χ1n) is 14.8. The number of carbonyl (C=O) groups is 1. The van der Waals surface area contributed by atoms with Gasteiger partial charge in [-0.05, 0) is 55.4 Å². The second kappa shape index (κ2) is 12.1. The van der Waals surface area contributed by atoms with Gasteiger partial charge in [0.25, 0.3) is 0 Å². The molecule has 2 N–H and O–H groups in total. The van der Waals surface area contributed by atoms with Gasteiger partial charge in [-0.2, -0.15) is 4.31 Å². The fourth-order valence-electron chi connectivity index (χ4n) is 6.80. The molecule has 5 heterocycles. The number of likely N-dealkylation sites (tertiary alicyclic amines) is 1. The van der Waals surface area contributed by atoms with Crippen molar-refractivity contribution in [3.05, 3.63) is 47.7 Å². The van der Waals surface area contributed by atoms with Crippen LogP contribution < -0.4 is 14.8 Å². The molecule has 3 saturated heterocycles. The third-order valence-corrected chi connectivity index (χ3v) is 11.2. The van der Waals surface area contributed by atoms with Crippen LogP contribution in [0, 0.1) is 0 Å². The number of fused-ring (bicyclic) bond motifs is 2. The summed E-state index contributed by atoms with van der Waals surface area (Å²) in [5.41, 5.74) is 1.48. The van der Waals surface area contributed by atoms with Gasteiger partial charge in [0.1, 0.15) is 16.7 Å². The van der Waals surface area contributed by atoms with E-state index >= 15 is 0 Å². The van der Waals surface area contributed by atoms with E-state index < -0.39 is 27.7 Å². The molecule has 1 aromatic heterocycles. The van der Waals surface area contributed by atoms with E-state index in [-0.39, 0.29) is 36.3 Å². The average molecular weight is 601 g/mol.